The van der Waals surface area contributed by atoms with Gasteiger partial charge in [-0.25, -0.2) is 9.97 Å². The van der Waals surface area contributed by atoms with E-state index >= 15 is 0 Å². The summed E-state index contributed by atoms with van der Waals surface area (Å²) in [5.41, 5.74) is 0.613. The lowest BCUT2D eigenvalue weighted by Crippen LogP contribution is -1.73. The molecule has 0 saturated heterocycles. The minimum absolute atomic E-state index is 0.613. The van der Waals surface area contributed by atoms with Gasteiger partial charge in [0.2, 0.25) is 5.71 Å². The van der Waals surface area contributed by atoms with Gasteiger partial charge in [0, 0.05) is 6.20 Å². The van der Waals surface area contributed by atoms with E-state index in [2.05, 4.69) is 25.9 Å². The summed E-state index contributed by atoms with van der Waals surface area (Å²) in [6, 6.07) is 0. The van der Waals surface area contributed by atoms with Crippen LogP contribution in [-0.2, 0) is 0 Å². The van der Waals surface area contributed by atoms with E-state index in [1.165, 1.54) is 6.33 Å². The lowest BCUT2D eigenvalue weighted by atomic mass is 10.4. The second-order valence-electron chi connectivity index (χ2n) is 1.83. The monoisotopic (exact) mass is 198 g/mol. The molecule has 2 aromatic rings. The second-order valence-corrected chi connectivity index (χ2v) is 2.68. The highest BCUT2D eigenvalue weighted by Gasteiger charge is 2.01. The molecule has 3 nitrogen and oxygen atoms in total. The molecular formula is C6H3BrN2O. The quantitative estimate of drug-likeness (QED) is 0.651. The maximum absolute atomic E-state index is 5.05. The molecule has 0 aliphatic rings. The van der Waals surface area contributed by atoms with Gasteiger partial charge < -0.3 is 4.42 Å². The number of aromatic nitrogens is 2. The predicted molar refractivity (Wildman–Crippen MR) is 39.5 cm³/mol. The Hall–Kier alpha value is -0.900. The van der Waals surface area contributed by atoms with E-state index in [9.17, 15) is 0 Å². The Morgan fingerprint density at radius 1 is 1.50 bits per heavy atom. The average molecular weight is 199 g/mol. The van der Waals surface area contributed by atoms with Crippen molar-refractivity contribution in [2.24, 2.45) is 0 Å². The van der Waals surface area contributed by atoms with Gasteiger partial charge in [0.25, 0.3) is 0 Å². The van der Waals surface area contributed by atoms with Crippen molar-refractivity contribution in [3.8, 4) is 0 Å². The van der Waals surface area contributed by atoms with Crippen LogP contribution in [0, 0.1) is 0 Å². The number of rotatable bonds is 0. The highest BCUT2D eigenvalue weighted by Crippen LogP contribution is 2.22. The van der Waals surface area contributed by atoms with Crippen LogP contribution in [0.25, 0.3) is 11.1 Å². The van der Waals surface area contributed by atoms with Crippen LogP contribution in [0.3, 0.4) is 0 Å². The molecule has 0 bridgehead atoms. The second kappa shape index (κ2) is 2.05. The van der Waals surface area contributed by atoms with Gasteiger partial charge in [0.15, 0.2) is 0 Å². The summed E-state index contributed by atoms with van der Waals surface area (Å²) in [6.07, 6.45) is 4.76. The van der Waals surface area contributed by atoms with Crippen molar-refractivity contribution in [3.05, 3.63) is 23.3 Å². The first-order valence-electron chi connectivity index (χ1n) is 2.70. The van der Waals surface area contributed by atoms with Gasteiger partial charge in [0.05, 0.1) is 9.86 Å². The number of hydrogen-bond acceptors (Lipinski definition) is 3. The first-order chi connectivity index (χ1) is 4.88. The molecule has 0 aliphatic heterocycles. The van der Waals surface area contributed by atoms with E-state index in [1.807, 2.05) is 0 Å². The third-order valence-electron chi connectivity index (χ3n) is 1.21. The number of hydrogen-bond donors (Lipinski definition) is 0. The average Bonchev–Trinajstić information content (AvgIpc) is 2.34. The van der Waals surface area contributed by atoms with Crippen molar-refractivity contribution >= 4 is 27.0 Å². The third-order valence-corrected chi connectivity index (χ3v) is 1.82. The molecule has 2 rings (SSSR count). The molecule has 0 aliphatic carbocycles. The first kappa shape index (κ1) is 5.85. The predicted octanol–water partition coefficient (Wildman–Crippen LogP) is 1.99. The molecular weight excluding hydrogens is 196 g/mol. The van der Waals surface area contributed by atoms with E-state index < -0.39 is 0 Å². The van der Waals surface area contributed by atoms with Crippen LogP contribution in [0.15, 0.2) is 27.7 Å². The molecule has 2 heterocycles. The molecule has 2 aromatic heterocycles. The zero-order chi connectivity index (χ0) is 6.97. The highest BCUT2D eigenvalue weighted by molar-refractivity contribution is 9.10. The Labute approximate surface area is 65.2 Å². The standard InChI is InChI=1S/C6H3BrN2O/c7-5-2-10-6-4(5)1-8-3-9-6/h1-3H. The van der Waals surface area contributed by atoms with Crippen LogP contribution in [-0.4, -0.2) is 9.97 Å². The molecule has 0 spiro atoms. The van der Waals surface area contributed by atoms with Gasteiger partial charge in [-0.05, 0) is 15.9 Å². The van der Waals surface area contributed by atoms with E-state index in [0.717, 1.165) is 9.86 Å². The topological polar surface area (TPSA) is 38.9 Å². The zero-order valence-electron chi connectivity index (χ0n) is 4.91. The van der Waals surface area contributed by atoms with Crippen LogP contribution in [0.2, 0.25) is 0 Å². The Morgan fingerprint density at radius 2 is 2.40 bits per heavy atom. The van der Waals surface area contributed by atoms with Crippen LogP contribution < -0.4 is 0 Å². The molecule has 0 aromatic carbocycles. The Balaban J connectivity index is 2.93. The van der Waals surface area contributed by atoms with Crippen LogP contribution in [0.4, 0.5) is 0 Å². The van der Waals surface area contributed by atoms with Crippen molar-refractivity contribution in [1.29, 1.82) is 0 Å². The summed E-state index contributed by atoms with van der Waals surface area (Å²) in [4.78, 5) is 7.74. The lowest BCUT2D eigenvalue weighted by molar-refractivity contribution is 0.600. The van der Waals surface area contributed by atoms with Gasteiger partial charge in [-0.2, -0.15) is 0 Å². The Morgan fingerprint density at radius 3 is 3.20 bits per heavy atom. The first-order valence-corrected chi connectivity index (χ1v) is 3.50. The minimum atomic E-state index is 0.613. The number of halogens is 1. The van der Waals surface area contributed by atoms with Crippen molar-refractivity contribution in [1.82, 2.24) is 9.97 Å². The lowest BCUT2D eigenvalue weighted by Gasteiger charge is -1.82. The molecule has 50 valence electrons. The fraction of sp³-hybridized carbons (Fsp3) is 0. The van der Waals surface area contributed by atoms with Gasteiger partial charge in [-0.1, -0.05) is 0 Å². The SMILES string of the molecule is Brc1coc2ncncc12. The van der Waals surface area contributed by atoms with E-state index in [4.69, 9.17) is 4.42 Å². The van der Waals surface area contributed by atoms with Crippen LogP contribution in [0.5, 0.6) is 0 Å². The van der Waals surface area contributed by atoms with Gasteiger partial charge >= 0.3 is 0 Å². The molecule has 0 saturated carbocycles. The Kier molecular flexibility index (Phi) is 1.20. The van der Waals surface area contributed by atoms with Crippen molar-refractivity contribution in [2.45, 2.75) is 0 Å². The molecule has 4 heteroatoms. The summed E-state index contributed by atoms with van der Waals surface area (Å²) in [7, 11) is 0. The maximum atomic E-state index is 5.05. The smallest absolute Gasteiger partial charge is 0.230 e. The highest BCUT2D eigenvalue weighted by atomic mass is 79.9. The van der Waals surface area contributed by atoms with Crippen LogP contribution in [0.1, 0.15) is 0 Å². The maximum Gasteiger partial charge on any atom is 0.230 e. The molecule has 10 heavy (non-hydrogen) atoms. The summed E-state index contributed by atoms with van der Waals surface area (Å²) in [5.74, 6) is 0. The molecule has 0 atom stereocenters. The molecule has 0 amide bonds. The molecule has 0 N–H and O–H groups in total. The van der Waals surface area contributed by atoms with Gasteiger partial charge in [0.1, 0.15) is 12.6 Å². The zero-order valence-corrected chi connectivity index (χ0v) is 6.50. The summed E-state index contributed by atoms with van der Waals surface area (Å²) >= 11 is 3.29. The third kappa shape index (κ3) is 0.724. The van der Waals surface area contributed by atoms with Crippen molar-refractivity contribution < 1.29 is 4.42 Å². The summed E-state index contributed by atoms with van der Waals surface area (Å²) < 4.78 is 5.94. The molecule has 0 radical (unpaired) electrons. The fourth-order valence-electron chi connectivity index (χ4n) is 0.747. The molecule has 0 unspecified atom stereocenters. The number of furan rings is 1. The largest absolute Gasteiger partial charge is 0.445 e. The number of nitrogens with zero attached hydrogens (tertiary/aromatic N) is 2. The van der Waals surface area contributed by atoms with Crippen molar-refractivity contribution in [2.75, 3.05) is 0 Å². The number of fused-ring (bicyclic) bond motifs is 1. The minimum Gasteiger partial charge on any atom is -0.445 e. The summed E-state index contributed by atoms with van der Waals surface area (Å²) in [6.45, 7) is 0. The van der Waals surface area contributed by atoms with E-state index in [1.54, 1.807) is 12.5 Å². The van der Waals surface area contributed by atoms with Crippen LogP contribution >= 0.6 is 15.9 Å². The van der Waals surface area contributed by atoms with Gasteiger partial charge in [-0.15, -0.1) is 0 Å². The van der Waals surface area contributed by atoms with E-state index in [-0.39, 0.29) is 0 Å². The molecule has 0 fully saturated rings. The Bertz CT molecular complexity index is 357. The van der Waals surface area contributed by atoms with E-state index in [0.29, 0.717) is 5.71 Å². The van der Waals surface area contributed by atoms with Crippen molar-refractivity contribution in [3.63, 3.8) is 0 Å². The summed E-state index contributed by atoms with van der Waals surface area (Å²) in [5, 5.41) is 0.905. The normalized spacial score (nSPS) is 10.5. The van der Waals surface area contributed by atoms with Gasteiger partial charge in [-0.3, -0.25) is 0 Å². The fourth-order valence-corrected chi connectivity index (χ4v) is 1.11.